The second-order valence-corrected chi connectivity index (χ2v) is 2.75. The van der Waals surface area contributed by atoms with Gasteiger partial charge < -0.3 is 10.2 Å². The highest BCUT2D eigenvalue weighted by molar-refractivity contribution is 6.27. The fourth-order valence-electron chi connectivity index (χ4n) is 0.828. The van der Waals surface area contributed by atoms with E-state index >= 15 is 0 Å². The summed E-state index contributed by atoms with van der Waals surface area (Å²) in [5.74, 6) is -3.44. The van der Waals surface area contributed by atoms with E-state index in [0.29, 0.717) is 6.42 Å². The molecule has 0 saturated heterocycles. The molecule has 0 fully saturated rings. The van der Waals surface area contributed by atoms with Crippen molar-refractivity contribution >= 4 is 17.7 Å². The molecule has 1 aromatic carbocycles. The lowest BCUT2D eigenvalue weighted by molar-refractivity contribution is -0.159. The first-order valence-electron chi connectivity index (χ1n) is 4.53. The number of hydrogen-bond donors (Lipinski definition) is 2. The molecule has 86 valence electrons. The maximum absolute atomic E-state index is 11.0. The van der Waals surface area contributed by atoms with Gasteiger partial charge in [-0.3, -0.25) is 4.79 Å². The molecule has 0 aliphatic heterocycles. The minimum Gasteiger partial charge on any atom is -0.473 e. The number of carboxylic acids is 2. The van der Waals surface area contributed by atoms with Gasteiger partial charge in [-0.1, -0.05) is 37.3 Å². The Morgan fingerprint density at radius 1 is 1.00 bits per heavy atom. The van der Waals surface area contributed by atoms with Crippen molar-refractivity contribution in [1.29, 1.82) is 0 Å². The van der Waals surface area contributed by atoms with E-state index in [9.17, 15) is 4.79 Å². The first-order chi connectivity index (χ1) is 7.49. The predicted octanol–water partition coefficient (Wildman–Crippen LogP) is 1.43. The molecule has 5 heteroatoms. The van der Waals surface area contributed by atoms with Crippen molar-refractivity contribution < 1.29 is 24.6 Å². The van der Waals surface area contributed by atoms with Crippen LogP contribution in [0.1, 0.15) is 23.7 Å². The lowest BCUT2D eigenvalue weighted by Gasteiger charge is -1.93. The number of benzene rings is 1. The highest BCUT2D eigenvalue weighted by Crippen LogP contribution is 2.01. The van der Waals surface area contributed by atoms with E-state index in [1.807, 2.05) is 37.3 Å². The lowest BCUT2D eigenvalue weighted by atomic mass is 10.1. The molecule has 0 radical (unpaired) electrons. The molecule has 1 rings (SSSR count). The Labute approximate surface area is 92.3 Å². The van der Waals surface area contributed by atoms with Gasteiger partial charge in [-0.2, -0.15) is 0 Å². The van der Waals surface area contributed by atoms with Crippen molar-refractivity contribution in [2.24, 2.45) is 0 Å². The number of carbonyl (C=O) groups excluding carboxylic acids is 1. The van der Waals surface area contributed by atoms with Crippen molar-refractivity contribution in [2.45, 2.75) is 13.3 Å². The van der Waals surface area contributed by atoms with Crippen LogP contribution < -0.4 is 0 Å². The highest BCUT2D eigenvalue weighted by atomic mass is 16.4. The normalized spacial score (nSPS) is 8.56. The maximum atomic E-state index is 11.0. The van der Waals surface area contributed by atoms with E-state index in [0.717, 1.165) is 5.56 Å². The number of carboxylic acid groups (broad SMARTS) is 2. The van der Waals surface area contributed by atoms with Gasteiger partial charge in [-0.05, 0) is 0 Å². The molecule has 0 heterocycles. The fourth-order valence-corrected chi connectivity index (χ4v) is 0.828. The highest BCUT2D eigenvalue weighted by Gasteiger charge is 2.04. The molecule has 0 aliphatic carbocycles. The zero-order valence-corrected chi connectivity index (χ0v) is 8.71. The van der Waals surface area contributed by atoms with Gasteiger partial charge in [0.05, 0.1) is 0 Å². The standard InChI is InChI=1S/C9H10O.C2H2O4/c1-2-9(10)8-6-4-3-5-7-8;3-1(4)2(5)6/h3-7H,2H2,1H3;(H,3,4)(H,5,6). The largest absolute Gasteiger partial charge is 0.473 e. The summed E-state index contributed by atoms with van der Waals surface area (Å²) in [6.45, 7) is 1.87. The molecular weight excluding hydrogens is 212 g/mol. The van der Waals surface area contributed by atoms with E-state index in [1.165, 1.54) is 0 Å². The monoisotopic (exact) mass is 224 g/mol. The summed E-state index contributed by atoms with van der Waals surface area (Å²) in [4.78, 5) is 29.2. The zero-order valence-electron chi connectivity index (χ0n) is 8.71. The molecule has 0 unspecified atom stereocenters. The summed E-state index contributed by atoms with van der Waals surface area (Å²) in [5.41, 5.74) is 0.810. The Balaban J connectivity index is 0.000000325. The van der Waals surface area contributed by atoms with Gasteiger partial charge in [0, 0.05) is 12.0 Å². The van der Waals surface area contributed by atoms with Crippen LogP contribution in [0.4, 0.5) is 0 Å². The fraction of sp³-hybridized carbons (Fsp3) is 0.182. The Hall–Kier alpha value is -2.17. The second-order valence-electron chi connectivity index (χ2n) is 2.75. The zero-order chi connectivity index (χ0) is 12.6. The Bertz CT molecular complexity index is 357. The van der Waals surface area contributed by atoms with Crippen LogP contribution in [0.25, 0.3) is 0 Å². The first-order valence-corrected chi connectivity index (χ1v) is 4.53. The molecule has 5 nitrogen and oxygen atoms in total. The summed E-state index contributed by atoms with van der Waals surface area (Å²) >= 11 is 0. The minimum absolute atomic E-state index is 0.209. The third kappa shape index (κ3) is 5.54. The third-order valence-electron chi connectivity index (χ3n) is 1.60. The minimum atomic E-state index is -1.82. The smallest absolute Gasteiger partial charge is 0.414 e. The van der Waals surface area contributed by atoms with Crippen LogP contribution in [0.2, 0.25) is 0 Å². The van der Waals surface area contributed by atoms with E-state index < -0.39 is 11.9 Å². The molecule has 2 N–H and O–H groups in total. The average molecular weight is 224 g/mol. The lowest BCUT2D eigenvalue weighted by Crippen LogP contribution is -2.09. The number of aliphatic carboxylic acids is 2. The predicted molar refractivity (Wildman–Crippen MR) is 56.3 cm³/mol. The molecular formula is C11H12O5. The molecule has 0 bridgehead atoms. The summed E-state index contributed by atoms with van der Waals surface area (Å²) in [6, 6.07) is 9.34. The molecule has 0 aromatic heterocycles. The van der Waals surface area contributed by atoms with Gasteiger partial charge in [-0.25, -0.2) is 9.59 Å². The maximum Gasteiger partial charge on any atom is 0.414 e. The van der Waals surface area contributed by atoms with E-state index in [4.69, 9.17) is 19.8 Å². The molecule has 0 amide bonds. The molecule has 1 aromatic rings. The van der Waals surface area contributed by atoms with Crippen LogP contribution in [-0.4, -0.2) is 27.9 Å². The summed E-state index contributed by atoms with van der Waals surface area (Å²) in [7, 11) is 0. The summed E-state index contributed by atoms with van der Waals surface area (Å²) in [6.07, 6.45) is 0.587. The average Bonchev–Trinajstić information content (AvgIpc) is 2.30. The van der Waals surface area contributed by atoms with Gasteiger partial charge >= 0.3 is 11.9 Å². The van der Waals surface area contributed by atoms with Crippen molar-refractivity contribution in [3.8, 4) is 0 Å². The molecule has 0 aliphatic rings. The summed E-state index contributed by atoms with van der Waals surface area (Å²) < 4.78 is 0. The molecule has 0 atom stereocenters. The van der Waals surface area contributed by atoms with Gasteiger partial charge in [0.15, 0.2) is 5.78 Å². The van der Waals surface area contributed by atoms with Crippen molar-refractivity contribution in [3.63, 3.8) is 0 Å². The van der Waals surface area contributed by atoms with Crippen molar-refractivity contribution in [1.82, 2.24) is 0 Å². The van der Waals surface area contributed by atoms with Crippen LogP contribution >= 0.6 is 0 Å². The van der Waals surface area contributed by atoms with Gasteiger partial charge in [-0.15, -0.1) is 0 Å². The second kappa shape index (κ2) is 7.17. The van der Waals surface area contributed by atoms with Crippen molar-refractivity contribution in [3.05, 3.63) is 35.9 Å². The topological polar surface area (TPSA) is 91.7 Å². The van der Waals surface area contributed by atoms with E-state index in [2.05, 4.69) is 0 Å². The van der Waals surface area contributed by atoms with Crippen LogP contribution in [0, 0.1) is 0 Å². The van der Waals surface area contributed by atoms with Crippen LogP contribution in [-0.2, 0) is 9.59 Å². The Morgan fingerprint density at radius 2 is 1.44 bits per heavy atom. The number of carbonyl (C=O) groups is 3. The van der Waals surface area contributed by atoms with Gasteiger partial charge in [0.1, 0.15) is 0 Å². The van der Waals surface area contributed by atoms with Crippen LogP contribution in [0.3, 0.4) is 0 Å². The molecule has 0 spiro atoms. The van der Waals surface area contributed by atoms with Crippen LogP contribution in [0.15, 0.2) is 30.3 Å². The molecule has 16 heavy (non-hydrogen) atoms. The third-order valence-corrected chi connectivity index (χ3v) is 1.60. The Kier molecular flexibility index (Phi) is 6.19. The van der Waals surface area contributed by atoms with Gasteiger partial charge in [0.25, 0.3) is 0 Å². The summed E-state index contributed by atoms with van der Waals surface area (Å²) in [5, 5.41) is 14.8. The molecule has 0 saturated carbocycles. The Morgan fingerprint density at radius 3 is 1.75 bits per heavy atom. The number of hydrogen-bond acceptors (Lipinski definition) is 3. The SMILES string of the molecule is CCC(=O)c1ccccc1.O=C(O)C(=O)O. The quantitative estimate of drug-likeness (QED) is 0.585. The van der Waals surface area contributed by atoms with E-state index in [-0.39, 0.29) is 5.78 Å². The van der Waals surface area contributed by atoms with Gasteiger partial charge in [0.2, 0.25) is 0 Å². The van der Waals surface area contributed by atoms with Crippen molar-refractivity contribution in [2.75, 3.05) is 0 Å². The number of ketones is 1. The first kappa shape index (κ1) is 13.8. The number of rotatable bonds is 2. The number of Topliss-reactive ketones (excluding diaryl/α,β-unsaturated/α-hetero) is 1. The van der Waals surface area contributed by atoms with E-state index in [1.54, 1.807) is 0 Å². The van der Waals surface area contributed by atoms with Crippen LogP contribution in [0.5, 0.6) is 0 Å².